The van der Waals surface area contributed by atoms with Gasteiger partial charge in [0.15, 0.2) is 6.61 Å². The summed E-state index contributed by atoms with van der Waals surface area (Å²) < 4.78 is 30.4. The van der Waals surface area contributed by atoms with Crippen molar-refractivity contribution in [3.63, 3.8) is 0 Å². The monoisotopic (exact) mass is 418 g/mol. The highest BCUT2D eigenvalue weighted by Gasteiger charge is 2.22. The predicted octanol–water partition coefficient (Wildman–Crippen LogP) is 2.83. The lowest BCUT2D eigenvalue weighted by Crippen LogP contribution is -2.35. The number of nitrogens with zero attached hydrogens (tertiary/aromatic N) is 1. The number of carbonyl (C=O) groups is 2. The molecule has 152 valence electrons. The van der Waals surface area contributed by atoms with E-state index in [1.807, 2.05) is 6.92 Å². The molecule has 0 aliphatic rings. The number of rotatable bonds is 10. The lowest BCUT2D eigenvalue weighted by atomic mass is 10.1. The van der Waals surface area contributed by atoms with Crippen LogP contribution in [0.3, 0.4) is 0 Å². The molecule has 1 aromatic carbocycles. The third-order valence-corrected chi connectivity index (χ3v) is 6.06. The van der Waals surface area contributed by atoms with Crippen molar-refractivity contribution in [1.29, 1.82) is 0 Å². The van der Waals surface area contributed by atoms with Gasteiger partial charge in [-0.05, 0) is 31.5 Å². The van der Waals surface area contributed by atoms with Crippen molar-refractivity contribution in [1.82, 2.24) is 9.62 Å². The van der Waals surface area contributed by atoms with Gasteiger partial charge >= 0.3 is 5.97 Å². The van der Waals surface area contributed by atoms with Gasteiger partial charge < -0.3 is 10.1 Å². The SMILES string of the molecule is CCCCC[C@@H](C)NC(=O)COC(=O)c1cc(S(=O)(=O)N(C)C)ccc1Cl. The molecule has 27 heavy (non-hydrogen) atoms. The van der Waals surface area contributed by atoms with Crippen molar-refractivity contribution < 1.29 is 22.7 Å². The van der Waals surface area contributed by atoms with Gasteiger partial charge in [-0.25, -0.2) is 17.5 Å². The fraction of sp³-hybridized carbons (Fsp3) is 0.556. The molecule has 0 unspecified atom stereocenters. The average Bonchev–Trinajstić information content (AvgIpc) is 2.59. The van der Waals surface area contributed by atoms with Gasteiger partial charge in [-0.15, -0.1) is 0 Å². The second kappa shape index (κ2) is 10.6. The van der Waals surface area contributed by atoms with Crippen LogP contribution in [-0.4, -0.2) is 51.3 Å². The molecule has 0 radical (unpaired) electrons. The number of halogens is 1. The molecule has 1 N–H and O–H groups in total. The summed E-state index contributed by atoms with van der Waals surface area (Å²) >= 11 is 5.98. The average molecular weight is 419 g/mol. The van der Waals surface area contributed by atoms with Crippen LogP contribution in [0.1, 0.15) is 49.9 Å². The number of unbranched alkanes of at least 4 members (excludes halogenated alkanes) is 2. The molecule has 0 aromatic heterocycles. The topological polar surface area (TPSA) is 92.8 Å². The zero-order chi connectivity index (χ0) is 20.6. The maximum absolute atomic E-state index is 12.2. The van der Waals surface area contributed by atoms with Crippen LogP contribution in [0.15, 0.2) is 23.1 Å². The van der Waals surface area contributed by atoms with Crippen LogP contribution in [0, 0.1) is 0 Å². The molecule has 0 aliphatic heterocycles. The Morgan fingerprint density at radius 1 is 1.26 bits per heavy atom. The van der Waals surface area contributed by atoms with E-state index in [0.29, 0.717) is 0 Å². The Labute approximate surface area is 166 Å². The molecule has 0 saturated heterocycles. The Bertz CT molecular complexity index is 765. The number of hydrogen-bond donors (Lipinski definition) is 1. The third-order valence-electron chi connectivity index (χ3n) is 3.92. The molecule has 1 aromatic rings. The molecule has 0 bridgehead atoms. The van der Waals surface area contributed by atoms with Gasteiger partial charge in [0.05, 0.1) is 15.5 Å². The highest BCUT2D eigenvalue weighted by atomic mass is 35.5. The van der Waals surface area contributed by atoms with Crippen molar-refractivity contribution in [2.24, 2.45) is 0 Å². The van der Waals surface area contributed by atoms with E-state index < -0.39 is 28.5 Å². The summed E-state index contributed by atoms with van der Waals surface area (Å²) in [6, 6.07) is 3.74. The van der Waals surface area contributed by atoms with Crippen LogP contribution in [0.4, 0.5) is 0 Å². The van der Waals surface area contributed by atoms with Gasteiger partial charge in [-0.1, -0.05) is 37.8 Å². The van der Waals surface area contributed by atoms with Gasteiger partial charge in [0.2, 0.25) is 10.0 Å². The second-order valence-corrected chi connectivity index (χ2v) is 9.03. The van der Waals surface area contributed by atoms with E-state index in [1.54, 1.807) is 0 Å². The van der Waals surface area contributed by atoms with E-state index in [-0.39, 0.29) is 21.5 Å². The van der Waals surface area contributed by atoms with Crippen LogP contribution >= 0.6 is 11.6 Å². The van der Waals surface area contributed by atoms with E-state index in [1.165, 1.54) is 26.2 Å². The van der Waals surface area contributed by atoms with Crippen molar-refractivity contribution in [3.8, 4) is 0 Å². The summed E-state index contributed by atoms with van der Waals surface area (Å²) in [4.78, 5) is 24.0. The van der Waals surface area contributed by atoms with Crippen LogP contribution in [0.5, 0.6) is 0 Å². The maximum atomic E-state index is 12.2. The van der Waals surface area contributed by atoms with E-state index in [0.717, 1.165) is 36.1 Å². The summed E-state index contributed by atoms with van der Waals surface area (Å²) in [6.45, 7) is 3.53. The van der Waals surface area contributed by atoms with Crippen molar-refractivity contribution >= 4 is 33.5 Å². The molecule has 0 aliphatic carbocycles. The lowest BCUT2D eigenvalue weighted by molar-refractivity contribution is -0.124. The number of amides is 1. The Balaban J connectivity index is 2.71. The Morgan fingerprint density at radius 2 is 1.93 bits per heavy atom. The van der Waals surface area contributed by atoms with Gasteiger partial charge in [0.1, 0.15) is 0 Å². The summed E-state index contributed by atoms with van der Waals surface area (Å²) in [5, 5.41) is 2.81. The standard InChI is InChI=1S/C18H27ClN2O5S/c1-5-6-7-8-13(2)20-17(22)12-26-18(23)15-11-14(9-10-16(15)19)27(24,25)21(3)4/h9-11,13H,5-8,12H2,1-4H3,(H,20,22)/t13-/m1/s1. The number of ether oxygens (including phenoxy) is 1. The van der Waals surface area contributed by atoms with Crippen molar-refractivity contribution in [3.05, 3.63) is 28.8 Å². The Kier molecular flexibility index (Phi) is 9.21. The first-order chi connectivity index (χ1) is 12.6. The highest BCUT2D eigenvalue weighted by Crippen LogP contribution is 2.22. The Morgan fingerprint density at radius 3 is 2.52 bits per heavy atom. The minimum Gasteiger partial charge on any atom is -0.452 e. The van der Waals surface area contributed by atoms with Gasteiger partial charge in [0.25, 0.3) is 5.91 Å². The van der Waals surface area contributed by atoms with Crippen LogP contribution < -0.4 is 5.32 Å². The molecule has 0 saturated carbocycles. The molecule has 0 heterocycles. The first-order valence-electron chi connectivity index (χ1n) is 8.78. The van der Waals surface area contributed by atoms with Crippen molar-refractivity contribution in [2.75, 3.05) is 20.7 Å². The first kappa shape index (κ1) is 23.4. The third kappa shape index (κ3) is 7.12. The fourth-order valence-electron chi connectivity index (χ4n) is 2.33. The van der Waals surface area contributed by atoms with Crippen LogP contribution in [0.25, 0.3) is 0 Å². The Hall–Kier alpha value is -1.64. The molecule has 0 fully saturated rings. The van der Waals surface area contributed by atoms with Gasteiger partial charge in [-0.3, -0.25) is 4.79 Å². The maximum Gasteiger partial charge on any atom is 0.340 e. The number of esters is 1. The minimum atomic E-state index is -3.72. The van der Waals surface area contributed by atoms with E-state index in [2.05, 4.69) is 12.2 Å². The molecule has 0 spiro atoms. The van der Waals surface area contributed by atoms with Gasteiger partial charge in [-0.2, -0.15) is 0 Å². The van der Waals surface area contributed by atoms with E-state index in [9.17, 15) is 18.0 Å². The smallest absolute Gasteiger partial charge is 0.340 e. The molecule has 1 rings (SSSR count). The summed E-state index contributed by atoms with van der Waals surface area (Å²) in [7, 11) is -0.955. The molecule has 9 heteroatoms. The molecular weight excluding hydrogens is 392 g/mol. The van der Waals surface area contributed by atoms with Gasteiger partial charge in [0, 0.05) is 20.1 Å². The zero-order valence-electron chi connectivity index (χ0n) is 16.1. The number of hydrogen-bond acceptors (Lipinski definition) is 5. The van der Waals surface area contributed by atoms with Crippen molar-refractivity contribution in [2.45, 2.75) is 50.5 Å². The molecule has 1 amide bonds. The second-order valence-electron chi connectivity index (χ2n) is 6.47. The largest absolute Gasteiger partial charge is 0.452 e. The summed E-state index contributed by atoms with van der Waals surface area (Å²) in [5.74, 6) is -1.27. The van der Waals surface area contributed by atoms with Crippen LogP contribution in [0.2, 0.25) is 5.02 Å². The molecule has 7 nitrogen and oxygen atoms in total. The van der Waals surface area contributed by atoms with E-state index >= 15 is 0 Å². The zero-order valence-corrected chi connectivity index (χ0v) is 17.7. The number of benzene rings is 1. The highest BCUT2D eigenvalue weighted by molar-refractivity contribution is 7.89. The number of sulfonamides is 1. The fourth-order valence-corrected chi connectivity index (χ4v) is 3.45. The minimum absolute atomic E-state index is 0.0140. The van der Waals surface area contributed by atoms with E-state index in [4.69, 9.17) is 16.3 Å². The molecule has 1 atom stereocenters. The quantitative estimate of drug-likeness (QED) is 0.466. The summed E-state index contributed by atoms with van der Waals surface area (Å²) in [6.07, 6.45) is 4.06. The molecular formula is C18H27ClN2O5S. The summed E-state index contributed by atoms with van der Waals surface area (Å²) in [5.41, 5.74) is -0.108. The number of carbonyl (C=O) groups excluding carboxylic acids is 2. The predicted molar refractivity (Wildman–Crippen MR) is 104 cm³/mol. The van der Waals surface area contributed by atoms with Crippen LogP contribution in [-0.2, 0) is 19.6 Å². The lowest BCUT2D eigenvalue weighted by Gasteiger charge is -2.14. The first-order valence-corrected chi connectivity index (χ1v) is 10.6. The number of nitrogens with one attached hydrogen (secondary N) is 1. The normalized spacial score (nSPS) is 12.7.